The summed E-state index contributed by atoms with van der Waals surface area (Å²) >= 11 is 0. The van der Waals surface area contributed by atoms with Crippen LogP contribution in [-0.2, 0) is 27.2 Å². The van der Waals surface area contributed by atoms with Crippen LogP contribution in [-0.4, -0.2) is 62.9 Å². The van der Waals surface area contributed by atoms with Crippen molar-refractivity contribution in [1.82, 2.24) is 15.3 Å². The number of hydrogen-bond acceptors (Lipinski definition) is 5. The summed E-state index contributed by atoms with van der Waals surface area (Å²) in [7, 11) is 0. The molecule has 1 heterocycles. The Morgan fingerprint density at radius 2 is 1.51 bits per heavy atom. The minimum Gasteiger partial charge on any atom is -0.475 e. The van der Waals surface area contributed by atoms with E-state index < -0.39 is 24.3 Å². The molecule has 16 heteroatoms. The number of aromatic amines is 1. The van der Waals surface area contributed by atoms with Crippen LogP contribution in [0.25, 0.3) is 0 Å². The van der Waals surface area contributed by atoms with Gasteiger partial charge < -0.3 is 20.9 Å². The zero-order chi connectivity index (χ0) is 27.1. The number of aliphatic imine (C=N–C) groups is 1. The number of alkyl halides is 6. The Hall–Kier alpha value is -4.11. The molecular weight excluding hydrogens is 492 g/mol. The lowest BCUT2D eigenvalue weighted by molar-refractivity contribution is -0.193. The van der Waals surface area contributed by atoms with Crippen molar-refractivity contribution in [1.29, 1.82) is 0 Å². The van der Waals surface area contributed by atoms with Crippen molar-refractivity contribution in [2.75, 3.05) is 6.54 Å². The number of halogens is 6. The minimum atomic E-state index is -5.08. The highest BCUT2D eigenvalue weighted by Gasteiger charge is 2.38. The lowest BCUT2D eigenvalue weighted by Crippen LogP contribution is -2.37. The molecule has 0 aliphatic rings. The number of hydrogen-bond donors (Lipinski definition) is 5. The number of guanidine groups is 1. The molecule has 0 radical (unpaired) electrons. The van der Waals surface area contributed by atoms with Crippen molar-refractivity contribution in [3.63, 3.8) is 0 Å². The standard InChI is InChI=1S/C15H19N5O.2C2HF3O2/c16-15(18-8-4-7-13-10-17-11-19-13)20-14(21)9-12-5-2-1-3-6-12;2*3-2(4,5)1(6)7/h1-3,5-6,10-11H,4,7-9H2,(H,17,19)(H3,16,18,20,21);2*(H,6,7). The van der Waals surface area contributed by atoms with E-state index in [0.29, 0.717) is 13.0 Å². The van der Waals surface area contributed by atoms with Crippen LogP contribution in [0.1, 0.15) is 17.7 Å². The van der Waals surface area contributed by atoms with Gasteiger partial charge in [0.05, 0.1) is 12.7 Å². The molecule has 2 aromatic rings. The molecule has 0 aliphatic heterocycles. The van der Waals surface area contributed by atoms with Gasteiger partial charge in [-0.25, -0.2) is 14.6 Å². The molecule has 35 heavy (non-hydrogen) atoms. The van der Waals surface area contributed by atoms with E-state index in [1.165, 1.54) is 0 Å². The zero-order valence-electron chi connectivity index (χ0n) is 17.7. The topological polar surface area (TPSA) is 171 Å². The Morgan fingerprint density at radius 3 is 1.94 bits per heavy atom. The van der Waals surface area contributed by atoms with Crippen LogP contribution in [0.5, 0.6) is 0 Å². The lowest BCUT2D eigenvalue weighted by atomic mass is 10.1. The van der Waals surface area contributed by atoms with Crippen molar-refractivity contribution >= 4 is 23.8 Å². The molecule has 0 saturated carbocycles. The highest BCUT2D eigenvalue weighted by Crippen LogP contribution is 2.13. The van der Waals surface area contributed by atoms with Gasteiger partial charge in [0.1, 0.15) is 0 Å². The maximum Gasteiger partial charge on any atom is 0.490 e. The fraction of sp³-hybridized carbons (Fsp3) is 0.316. The number of nitrogens with one attached hydrogen (secondary N) is 2. The summed E-state index contributed by atoms with van der Waals surface area (Å²) in [5.41, 5.74) is 7.70. The molecule has 1 amide bonds. The Labute approximate surface area is 193 Å². The Bertz CT molecular complexity index is 923. The van der Waals surface area contributed by atoms with Gasteiger partial charge in [-0.05, 0) is 18.4 Å². The Morgan fingerprint density at radius 1 is 1.00 bits per heavy atom. The summed E-state index contributed by atoms with van der Waals surface area (Å²) < 4.78 is 63.5. The summed E-state index contributed by atoms with van der Waals surface area (Å²) in [6.07, 6.45) is -4.73. The first-order chi connectivity index (χ1) is 16.1. The molecule has 0 bridgehead atoms. The van der Waals surface area contributed by atoms with Crippen LogP contribution in [0.15, 0.2) is 47.8 Å². The molecule has 1 aromatic heterocycles. The Balaban J connectivity index is 0.000000680. The summed E-state index contributed by atoms with van der Waals surface area (Å²) in [5.74, 6) is -5.50. The number of carboxylic acid groups (broad SMARTS) is 2. The second-order valence-electron chi connectivity index (χ2n) is 6.26. The van der Waals surface area contributed by atoms with Gasteiger partial charge in [-0.2, -0.15) is 26.3 Å². The number of rotatable bonds is 6. The number of nitrogens with two attached hydrogens (primary N) is 1. The van der Waals surface area contributed by atoms with Gasteiger partial charge in [-0.15, -0.1) is 0 Å². The predicted molar refractivity (Wildman–Crippen MR) is 109 cm³/mol. The average molecular weight is 513 g/mol. The summed E-state index contributed by atoms with van der Waals surface area (Å²) in [4.78, 5) is 40.6. The number of benzene rings is 1. The number of carbonyl (C=O) groups is 3. The third-order valence-electron chi connectivity index (χ3n) is 3.40. The van der Waals surface area contributed by atoms with E-state index in [-0.39, 0.29) is 11.9 Å². The molecule has 1 aromatic carbocycles. The lowest BCUT2D eigenvalue weighted by Gasteiger charge is -2.04. The fourth-order valence-corrected chi connectivity index (χ4v) is 1.90. The first-order valence-corrected chi connectivity index (χ1v) is 9.34. The molecule has 0 unspecified atom stereocenters. The monoisotopic (exact) mass is 513 g/mol. The van der Waals surface area contributed by atoms with E-state index in [1.807, 2.05) is 30.3 Å². The second kappa shape index (κ2) is 14.9. The number of aliphatic carboxylic acids is 2. The summed E-state index contributed by atoms with van der Waals surface area (Å²) in [6, 6.07) is 9.51. The summed E-state index contributed by atoms with van der Waals surface area (Å²) in [5, 5.41) is 16.8. The average Bonchev–Trinajstić information content (AvgIpc) is 3.25. The number of imidazole rings is 1. The normalized spacial score (nSPS) is 11.3. The minimum absolute atomic E-state index is 0.156. The molecule has 0 aliphatic carbocycles. The number of H-pyrrole nitrogens is 1. The first kappa shape index (κ1) is 30.9. The van der Waals surface area contributed by atoms with E-state index >= 15 is 0 Å². The molecule has 194 valence electrons. The maximum atomic E-state index is 11.8. The van der Waals surface area contributed by atoms with E-state index in [9.17, 15) is 31.1 Å². The van der Waals surface area contributed by atoms with E-state index in [0.717, 1.165) is 24.1 Å². The largest absolute Gasteiger partial charge is 0.490 e. The summed E-state index contributed by atoms with van der Waals surface area (Å²) in [6.45, 7) is 0.566. The number of carbonyl (C=O) groups excluding carboxylic acids is 1. The molecule has 0 spiro atoms. The first-order valence-electron chi connectivity index (χ1n) is 9.34. The van der Waals surface area contributed by atoms with Crippen LogP contribution in [0.3, 0.4) is 0 Å². The highest BCUT2D eigenvalue weighted by molar-refractivity contribution is 5.96. The van der Waals surface area contributed by atoms with Gasteiger partial charge in [0, 0.05) is 18.4 Å². The van der Waals surface area contributed by atoms with Gasteiger partial charge in [0.2, 0.25) is 5.91 Å². The number of aryl methyl sites for hydroxylation is 1. The SMILES string of the molecule is NC(=NCCCc1cnc[nH]1)NC(=O)Cc1ccccc1.O=C(O)C(F)(F)F.O=C(O)C(F)(F)F. The fourth-order valence-electron chi connectivity index (χ4n) is 1.90. The second-order valence-corrected chi connectivity index (χ2v) is 6.26. The van der Waals surface area contributed by atoms with Crippen molar-refractivity contribution in [2.24, 2.45) is 10.7 Å². The van der Waals surface area contributed by atoms with Crippen molar-refractivity contribution in [3.05, 3.63) is 54.1 Å². The number of nitrogens with zero attached hydrogens (tertiary/aromatic N) is 2. The van der Waals surface area contributed by atoms with E-state index in [4.69, 9.17) is 25.5 Å². The third-order valence-corrected chi connectivity index (χ3v) is 3.40. The highest BCUT2D eigenvalue weighted by atomic mass is 19.4. The van der Waals surface area contributed by atoms with Crippen molar-refractivity contribution < 1.29 is 50.9 Å². The third kappa shape index (κ3) is 16.2. The molecule has 6 N–H and O–H groups in total. The van der Waals surface area contributed by atoms with Crippen LogP contribution < -0.4 is 11.1 Å². The smallest absolute Gasteiger partial charge is 0.475 e. The van der Waals surface area contributed by atoms with Crippen LogP contribution in [0.2, 0.25) is 0 Å². The molecule has 10 nitrogen and oxygen atoms in total. The number of carboxylic acids is 2. The van der Waals surface area contributed by atoms with Crippen molar-refractivity contribution in [2.45, 2.75) is 31.6 Å². The molecular formula is C19H21F6N5O5. The van der Waals surface area contributed by atoms with Gasteiger partial charge in [0.15, 0.2) is 5.96 Å². The maximum absolute atomic E-state index is 11.8. The molecule has 0 fully saturated rings. The van der Waals surface area contributed by atoms with Gasteiger partial charge in [-0.1, -0.05) is 30.3 Å². The zero-order valence-corrected chi connectivity index (χ0v) is 17.7. The number of aromatic nitrogens is 2. The van der Waals surface area contributed by atoms with Gasteiger partial charge >= 0.3 is 24.3 Å². The quantitative estimate of drug-likeness (QED) is 0.171. The van der Waals surface area contributed by atoms with E-state index in [1.54, 1.807) is 12.5 Å². The van der Waals surface area contributed by atoms with Gasteiger partial charge in [-0.3, -0.25) is 15.1 Å². The number of amides is 1. The Kier molecular flexibility index (Phi) is 13.2. The predicted octanol–water partition coefficient (Wildman–Crippen LogP) is 2.28. The molecule has 2 rings (SSSR count). The van der Waals surface area contributed by atoms with Crippen LogP contribution >= 0.6 is 0 Å². The molecule has 0 saturated heterocycles. The van der Waals surface area contributed by atoms with Crippen molar-refractivity contribution in [3.8, 4) is 0 Å². The van der Waals surface area contributed by atoms with E-state index in [2.05, 4.69) is 20.3 Å². The van der Waals surface area contributed by atoms with Crippen LogP contribution in [0.4, 0.5) is 26.3 Å². The van der Waals surface area contributed by atoms with Crippen LogP contribution in [0, 0.1) is 0 Å². The molecule has 0 atom stereocenters. The van der Waals surface area contributed by atoms with Gasteiger partial charge in [0.25, 0.3) is 0 Å².